The molecule has 2 fully saturated rings. The number of piperidine rings is 1. The maximum Gasteiger partial charge on any atom is 0.321 e. The summed E-state index contributed by atoms with van der Waals surface area (Å²) in [6.07, 6.45) is 4.68. The van der Waals surface area contributed by atoms with Gasteiger partial charge in [-0.25, -0.2) is 4.79 Å². The highest BCUT2D eigenvalue weighted by atomic mass is 16.2. The first-order valence-corrected chi connectivity index (χ1v) is 8.81. The van der Waals surface area contributed by atoms with Crippen molar-refractivity contribution in [3.63, 3.8) is 0 Å². The molecule has 2 heterocycles. The van der Waals surface area contributed by atoms with Gasteiger partial charge in [0.25, 0.3) is 0 Å². The number of hydrogen-bond donors (Lipinski definition) is 2. The molecule has 6 heteroatoms. The van der Waals surface area contributed by atoms with Gasteiger partial charge in [-0.3, -0.25) is 4.79 Å². The third-order valence-electron chi connectivity index (χ3n) is 4.86. The molecule has 24 heavy (non-hydrogen) atoms. The van der Waals surface area contributed by atoms with Gasteiger partial charge in [0, 0.05) is 44.0 Å². The molecule has 1 unspecified atom stereocenters. The van der Waals surface area contributed by atoms with E-state index in [-0.39, 0.29) is 17.9 Å². The molecule has 0 radical (unpaired) electrons. The van der Waals surface area contributed by atoms with Crippen LogP contribution >= 0.6 is 0 Å². The number of nitrogens with one attached hydrogen (secondary N) is 1. The van der Waals surface area contributed by atoms with Crippen LogP contribution in [0.25, 0.3) is 0 Å². The predicted octanol–water partition coefficient (Wildman–Crippen LogP) is 2.41. The molecule has 3 rings (SSSR count). The molecule has 0 aromatic heterocycles. The molecule has 0 aliphatic carbocycles. The van der Waals surface area contributed by atoms with Crippen LogP contribution in [-0.2, 0) is 4.79 Å². The van der Waals surface area contributed by atoms with Crippen molar-refractivity contribution >= 4 is 23.3 Å². The number of hydrogen-bond acceptors (Lipinski definition) is 3. The van der Waals surface area contributed by atoms with Crippen LogP contribution in [-0.4, -0.2) is 43.0 Å². The van der Waals surface area contributed by atoms with Gasteiger partial charge in [0.15, 0.2) is 0 Å². The van der Waals surface area contributed by atoms with Gasteiger partial charge in [-0.2, -0.15) is 0 Å². The summed E-state index contributed by atoms with van der Waals surface area (Å²) >= 11 is 0. The largest absolute Gasteiger partial charge is 0.371 e. The lowest BCUT2D eigenvalue weighted by Crippen LogP contribution is -2.43. The van der Waals surface area contributed by atoms with Gasteiger partial charge >= 0.3 is 6.03 Å². The number of amides is 3. The van der Waals surface area contributed by atoms with Crippen LogP contribution in [0.3, 0.4) is 0 Å². The third kappa shape index (κ3) is 4.19. The zero-order chi connectivity index (χ0) is 16.9. The molecule has 1 aromatic rings. The van der Waals surface area contributed by atoms with Crippen LogP contribution in [0.5, 0.6) is 0 Å². The number of carbonyl (C=O) groups is 2. The quantitative estimate of drug-likeness (QED) is 0.890. The van der Waals surface area contributed by atoms with Gasteiger partial charge in [0.2, 0.25) is 5.91 Å². The zero-order valence-electron chi connectivity index (χ0n) is 14.0. The van der Waals surface area contributed by atoms with Crippen molar-refractivity contribution in [2.24, 2.45) is 11.7 Å². The molecule has 1 aromatic carbocycles. The Labute approximate surface area is 143 Å². The van der Waals surface area contributed by atoms with E-state index in [4.69, 9.17) is 5.73 Å². The van der Waals surface area contributed by atoms with E-state index in [1.807, 2.05) is 18.2 Å². The first-order valence-electron chi connectivity index (χ1n) is 8.81. The molecule has 0 saturated carbocycles. The number of benzene rings is 1. The molecular formula is C18H26N4O2. The van der Waals surface area contributed by atoms with Crippen LogP contribution in [0.15, 0.2) is 24.3 Å². The summed E-state index contributed by atoms with van der Waals surface area (Å²) in [5.41, 5.74) is 7.27. The van der Waals surface area contributed by atoms with Crippen molar-refractivity contribution in [3.8, 4) is 0 Å². The highest BCUT2D eigenvalue weighted by Crippen LogP contribution is 2.24. The van der Waals surface area contributed by atoms with E-state index in [2.05, 4.69) is 16.3 Å². The number of likely N-dealkylation sites (tertiary alicyclic amines) is 1. The smallest absolute Gasteiger partial charge is 0.321 e. The second-order valence-electron chi connectivity index (χ2n) is 6.80. The summed E-state index contributed by atoms with van der Waals surface area (Å²) < 4.78 is 0. The summed E-state index contributed by atoms with van der Waals surface area (Å²) in [5.74, 6) is -0.112. The molecule has 3 amide bonds. The maximum atomic E-state index is 12.5. The van der Waals surface area contributed by atoms with E-state index in [9.17, 15) is 9.59 Å². The molecule has 130 valence electrons. The molecule has 2 aliphatic heterocycles. The van der Waals surface area contributed by atoms with Crippen molar-refractivity contribution in [1.29, 1.82) is 0 Å². The van der Waals surface area contributed by atoms with E-state index < -0.39 is 0 Å². The van der Waals surface area contributed by atoms with E-state index in [1.165, 1.54) is 12.8 Å². The lowest BCUT2D eigenvalue weighted by molar-refractivity contribution is -0.119. The van der Waals surface area contributed by atoms with Crippen molar-refractivity contribution in [3.05, 3.63) is 24.3 Å². The SMILES string of the molecule is NC(=O)CC1CCCN(C(=O)Nc2cccc(N3CCCC3)c2)C1. The summed E-state index contributed by atoms with van der Waals surface area (Å²) in [5, 5.41) is 2.99. The fraction of sp³-hybridized carbons (Fsp3) is 0.556. The minimum Gasteiger partial charge on any atom is -0.371 e. The van der Waals surface area contributed by atoms with E-state index in [1.54, 1.807) is 4.90 Å². The molecule has 3 N–H and O–H groups in total. The highest BCUT2D eigenvalue weighted by Gasteiger charge is 2.25. The summed E-state index contributed by atoms with van der Waals surface area (Å²) in [6, 6.07) is 7.93. The van der Waals surface area contributed by atoms with Crippen LogP contribution in [0.2, 0.25) is 0 Å². The Kier molecular flexibility index (Phi) is 5.23. The Balaban J connectivity index is 1.59. The standard InChI is InChI=1S/C18H26N4O2/c19-17(23)11-14-5-4-10-22(13-14)18(24)20-15-6-3-7-16(12-15)21-8-1-2-9-21/h3,6-7,12,14H,1-2,4-5,8-11,13H2,(H2,19,23)(H,20,24). The van der Waals surface area contributed by atoms with Gasteiger partial charge in [0.05, 0.1) is 0 Å². The Morgan fingerprint density at radius 3 is 2.71 bits per heavy atom. The fourth-order valence-corrected chi connectivity index (χ4v) is 3.66. The Hall–Kier alpha value is -2.24. The number of carbonyl (C=O) groups excluding carboxylic acids is 2. The average Bonchev–Trinajstić information content (AvgIpc) is 3.09. The molecule has 2 aliphatic rings. The van der Waals surface area contributed by atoms with E-state index in [0.29, 0.717) is 13.0 Å². The van der Waals surface area contributed by atoms with Crippen LogP contribution in [0.4, 0.5) is 16.2 Å². The predicted molar refractivity (Wildman–Crippen MR) is 95.0 cm³/mol. The Bertz CT molecular complexity index is 598. The molecule has 0 spiro atoms. The second-order valence-corrected chi connectivity index (χ2v) is 6.80. The minimum absolute atomic E-state index is 0.0947. The van der Waals surface area contributed by atoms with Crippen molar-refractivity contribution in [2.45, 2.75) is 32.1 Å². The lowest BCUT2D eigenvalue weighted by Gasteiger charge is -2.32. The van der Waals surface area contributed by atoms with Crippen LogP contribution in [0, 0.1) is 5.92 Å². The molecule has 0 bridgehead atoms. The number of rotatable bonds is 4. The van der Waals surface area contributed by atoms with Crippen molar-refractivity contribution in [1.82, 2.24) is 4.90 Å². The Morgan fingerprint density at radius 2 is 1.96 bits per heavy atom. The molecule has 6 nitrogen and oxygen atoms in total. The first-order chi connectivity index (χ1) is 11.6. The number of anilines is 2. The first kappa shape index (κ1) is 16.6. The van der Waals surface area contributed by atoms with Gasteiger partial charge in [0.1, 0.15) is 0 Å². The monoisotopic (exact) mass is 330 g/mol. The maximum absolute atomic E-state index is 12.5. The van der Waals surface area contributed by atoms with Crippen LogP contribution in [0.1, 0.15) is 32.1 Å². The van der Waals surface area contributed by atoms with Crippen molar-refractivity contribution < 1.29 is 9.59 Å². The van der Waals surface area contributed by atoms with Crippen LogP contribution < -0.4 is 16.0 Å². The average molecular weight is 330 g/mol. The van der Waals surface area contributed by atoms with Gasteiger partial charge in [-0.1, -0.05) is 6.07 Å². The zero-order valence-corrected chi connectivity index (χ0v) is 14.0. The van der Waals surface area contributed by atoms with Gasteiger partial charge in [-0.05, 0) is 49.8 Å². The van der Waals surface area contributed by atoms with E-state index >= 15 is 0 Å². The summed E-state index contributed by atoms with van der Waals surface area (Å²) in [4.78, 5) is 27.8. The summed E-state index contributed by atoms with van der Waals surface area (Å²) in [7, 11) is 0. The Morgan fingerprint density at radius 1 is 1.17 bits per heavy atom. The lowest BCUT2D eigenvalue weighted by atomic mass is 9.95. The van der Waals surface area contributed by atoms with Gasteiger partial charge in [-0.15, -0.1) is 0 Å². The normalized spacial score (nSPS) is 20.9. The number of primary amides is 1. The molecule has 1 atom stereocenters. The fourth-order valence-electron chi connectivity index (χ4n) is 3.66. The molecule has 2 saturated heterocycles. The topological polar surface area (TPSA) is 78.7 Å². The number of nitrogens with zero attached hydrogens (tertiary/aromatic N) is 2. The summed E-state index contributed by atoms with van der Waals surface area (Å²) in [6.45, 7) is 3.49. The minimum atomic E-state index is -0.291. The highest BCUT2D eigenvalue weighted by molar-refractivity contribution is 5.90. The van der Waals surface area contributed by atoms with Crippen molar-refractivity contribution in [2.75, 3.05) is 36.4 Å². The van der Waals surface area contributed by atoms with Gasteiger partial charge < -0.3 is 20.9 Å². The second kappa shape index (κ2) is 7.55. The number of urea groups is 1. The van der Waals surface area contributed by atoms with E-state index in [0.717, 1.165) is 43.9 Å². The third-order valence-corrected chi connectivity index (χ3v) is 4.86. The number of nitrogens with two attached hydrogens (primary N) is 1. The molecular weight excluding hydrogens is 304 g/mol.